The van der Waals surface area contributed by atoms with Crippen LogP contribution in [-0.4, -0.2) is 13.6 Å². The molecule has 0 aliphatic rings. The van der Waals surface area contributed by atoms with Crippen LogP contribution in [0, 0.1) is 0 Å². The van der Waals surface area contributed by atoms with Gasteiger partial charge in [-0.25, -0.2) is 0 Å². The minimum atomic E-state index is -4.96. The Hall–Kier alpha value is -1.91. The lowest BCUT2D eigenvalue weighted by Crippen LogP contribution is -2.33. The van der Waals surface area contributed by atoms with Crippen LogP contribution in [-0.2, 0) is 0 Å². The molecule has 0 spiro atoms. The van der Waals surface area contributed by atoms with Crippen LogP contribution in [0.3, 0.4) is 0 Å². The average Bonchev–Trinajstić information content (AvgIpc) is 2.36. The molecular weight excluding hydrogens is 264 g/mol. The van der Waals surface area contributed by atoms with Crippen molar-refractivity contribution >= 4 is 23.2 Å². The predicted octanol–water partition coefficient (Wildman–Crippen LogP) is 4.24. The summed E-state index contributed by atoms with van der Waals surface area (Å²) in [5.74, 6) is 0.656. The van der Waals surface area contributed by atoms with E-state index in [2.05, 4.69) is 6.58 Å². The summed E-state index contributed by atoms with van der Waals surface area (Å²) < 4.78 is 43.5. The summed E-state index contributed by atoms with van der Waals surface area (Å²) in [7, 11) is 0. The van der Waals surface area contributed by atoms with Crippen LogP contribution >= 0.6 is 0 Å². The molecule has 0 fully saturated rings. The summed E-state index contributed by atoms with van der Waals surface area (Å²) in [6.07, 6.45) is 0.758. The summed E-state index contributed by atoms with van der Waals surface area (Å²) in [4.78, 5) is 0. The van der Waals surface area contributed by atoms with E-state index in [1.54, 1.807) is 18.2 Å². The van der Waals surface area contributed by atoms with Crippen LogP contribution in [0.15, 0.2) is 48.6 Å². The van der Waals surface area contributed by atoms with Gasteiger partial charge in [0.15, 0.2) is 0 Å². The Bertz CT molecular complexity index is 635. The first-order chi connectivity index (χ1) is 9.36. The van der Waals surface area contributed by atoms with Gasteiger partial charge < -0.3 is 17.7 Å². The van der Waals surface area contributed by atoms with Crippen molar-refractivity contribution in [3.05, 3.63) is 48.6 Å². The van der Waals surface area contributed by atoms with Gasteiger partial charge in [-0.2, -0.15) is 0 Å². The van der Waals surface area contributed by atoms with Gasteiger partial charge in [0.2, 0.25) is 0 Å². The van der Waals surface area contributed by atoms with Crippen LogP contribution in [0.5, 0.6) is 5.75 Å². The van der Waals surface area contributed by atoms with E-state index in [1.807, 2.05) is 6.92 Å². The van der Waals surface area contributed by atoms with E-state index in [1.165, 1.54) is 12.1 Å². The van der Waals surface area contributed by atoms with Gasteiger partial charge in [-0.3, -0.25) is 0 Å². The number of hydrogen-bond donors (Lipinski definition) is 0. The smallest absolute Gasteiger partial charge is 0.493 e. The number of hydrogen-bond acceptors (Lipinski definition) is 1. The van der Waals surface area contributed by atoms with E-state index >= 15 is 0 Å². The molecule has 0 unspecified atom stereocenters. The van der Waals surface area contributed by atoms with Gasteiger partial charge in [-0.1, -0.05) is 29.8 Å². The fraction of sp³-hybridized carbons (Fsp3) is 0.200. The average molecular weight is 279 g/mol. The number of fused-ring (bicyclic) bond motifs is 1. The van der Waals surface area contributed by atoms with Crippen molar-refractivity contribution in [3.63, 3.8) is 0 Å². The van der Waals surface area contributed by atoms with Crippen LogP contribution in [0.1, 0.15) is 13.3 Å². The molecular formula is C15H15BF3O-. The first-order valence-corrected chi connectivity index (χ1v) is 6.37. The van der Waals surface area contributed by atoms with Crippen LogP contribution < -0.4 is 10.2 Å². The topological polar surface area (TPSA) is 9.23 Å². The van der Waals surface area contributed by atoms with Crippen LogP contribution in [0.4, 0.5) is 12.9 Å². The molecule has 0 aliphatic carbocycles. The molecule has 0 aliphatic heterocycles. The third-order valence-electron chi connectivity index (χ3n) is 3.01. The minimum Gasteiger partial charge on any atom is -0.493 e. The third-order valence-corrected chi connectivity index (χ3v) is 3.01. The Morgan fingerprint density at radius 2 is 1.75 bits per heavy atom. The highest BCUT2D eigenvalue weighted by atomic mass is 19.4. The molecule has 2 rings (SSSR count). The quantitative estimate of drug-likeness (QED) is 0.587. The van der Waals surface area contributed by atoms with Crippen molar-refractivity contribution < 1.29 is 17.7 Å². The molecule has 0 N–H and O–H groups in total. The monoisotopic (exact) mass is 279 g/mol. The Labute approximate surface area is 116 Å². The SMILES string of the molecule is C=C(C)CCOc1ccc2cc([B-](F)(F)F)ccc2c1. The summed E-state index contributed by atoms with van der Waals surface area (Å²) in [6, 6.07) is 8.85. The van der Waals surface area contributed by atoms with E-state index in [0.717, 1.165) is 23.4 Å². The molecule has 20 heavy (non-hydrogen) atoms. The lowest BCUT2D eigenvalue weighted by Gasteiger charge is -2.15. The highest BCUT2D eigenvalue weighted by Gasteiger charge is 2.25. The minimum absolute atomic E-state index is 0.518. The van der Waals surface area contributed by atoms with Crippen molar-refractivity contribution in [3.8, 4) is 5.75 Å². The fourth-order valence-corrected chi connectivity index (χ4v) is 1.88. The first kappa shape index (κ1) is 14.5. The second-order valence-corrected chi connectivity index (χ2v) is 4.90. The zero-order valence-corrected chi connectivity index (χ0v) is 11.2. The largest absolute Gasteiger partial charge is 0.509 e. The highest BCUT2D eigenvalue weighted by molar-refractivity contribution is 6.73. The van der Waals surface area contributed by atoms with Crippen molar-refractivity contribution in [1.82, 2.24) is 0 Å². The lowest BCUT2D eigenvalue weighted by atomic mass is 9.79. The standard InChI is InChI=1S/C15H15BF3O/c1-11(2)7-8-20-15-6-4-12-9-14(16(17,18)19)5-3-13(12)10-15/h3-6,9-10H,1,7-8H2,2H3/q-1. The summed E-state index contributed by atoms with van der Waals surface area (Å²) in [5, 5.41) is 1.30. The van der Waals surface area contributed by atoms with Crippen molar-refractivity contribution in [2.75, 3.05) is 6.61 Å². The van der Waals surface area contributed by atoms with Crippen LogP contribution in [0.2, 0.25) is 0 Å². The van der Waals surface area contributed by atoms with E-state index in [4.69, 9.17) is 4.74 Å². The predicted molar refractivity (Wildman–Crippen MR) is 77.6 cm³/mol. The second kappa shape index (κ2) is 5.61. The van der Waals surface area contributed by atoms with E-state index < -0.39 is 12.4 Å². The Balaban J connectivity index is 2.21. The number of benzene rings is 2. The normalized spacial score (nSPS) is 11.6. The van der Waals surface area contributed by atoms with Crippen molar-refractivity contribution in [2.24, 2.45) is 0 Å². The lowest BCUT2D eigenvalue weighted by molar-refractivity contribution is 0.322. The van der Waals surface area contributed by atoms with E-state index in [9.17, 15) is 12.9 Å². The molecule has 0 saturated carbocycles. The fourth-order valence-electron chi connectivity index (χ4n) is 1.88. The molecule has 0 amide bonds. The maximum Gasteiger partial charge on any atom is 0.509 e. The first-order valence-electron chi connectivity index (χ1n) is 6.37. The zero-order chi connectivity index (χ0) is 14.8. The second-order valence-electron chi connectivity index (χ2n) is 4.90. The molecule has 0 bridgehead atoms. The van der Waals surface area contributed by atoms with Crippen molar-refractivity contribution in [1.29, 1.82) is 0 Å². The highest BCUT2D eigenvalue weighted by Crippen LogP contribution is 2.22. The number of ether oxygens (including phenoxy) is 1. The Kier molecular flexibility index (Phi) is 4.07. The van der Waals surface area contributed by atoms with Crippen LogP contribution in [0.25, 0.3) is 10.8 Å². The molecule has 5 heteroatoms. The third kappa shape index (κ3) is 3.56. The van der Waals surface area contributed by atoms with Gasteiger partial charge in [0.05, 0.1) is 6.61 Å². The molecule has 0 aromatic heterocycles. The maximum atomic E-state index is 12.7. The zero-order valence-electron chi connectivity index (χ0n) is 11.2. The molecule has 2 aromatic rings. The van der Waals surface area contributed by atoms with Gasteiger partial charge >= 0.3 is 6.98 Å². The van der Waals surface area contributed by atoms with Gasteiger partial charge in [-0.15, -0.1) is 12.0 Å². The molecule has 106 valence electrons. The summed E-state index contributed by atoms with van der Waals surface area (Å²) >= 11 is 0. The van der Waals surface area contributed by atoms with Gasteiger partial charge in [-0.05, 0) is 29.8 Å². The van der Waals surface area contributed by atoms with Gasteiger partial charge in [0.1, 0.15) is 5.75 Å². The van der Waals surface area contributed by atoms with Gasteiger partial charge in [0, 0.05) is 6.42 Å². The molecule has 1 nitrogen and oxygen atoms in total. The number of halogens is 3. The molecule has 2 aromatic carbocycles. The number of rotatable bonds is 5. The molecule has 0 heterocycles. The molecule has 0 saturated heterocycles. The van der Waals surface area contributed by atoms with E-state index in [-0.39, 0.29) is 0 Å². The van der Waals surface area contributed by atoms with Crippen molar-refractivity contribution in [2.45, 2.75) is 13.3 Å². The summed E-state index contributed by atoms with van der Waals surface area (Å²) in [6.45, 7) is 1.27. The summed E-state index contributed by atoms with van der Waals surface area (Å²) in [5.41, 5.74) is 0.455. The maximum absolute atomic E-state index is 12.7. The molecule has 0 radical (unpaired) electrons. The van der Waals surface area contributed by atoms with Gasteiger partial charge in [0.25, 0.3) is 0 Å². The Morgan fingerprint density at radius 3 is 2.40 bits per heavy atom. The molecule has 0 atom stereocenters. The van der Waals surface area contributed by atoms with E-state index in [0.29, 0.717) is 17.7 Å². The Morgan fingerprint density at radius 1 is 1.10 bits per heavy atom.